The highest BCUT2D eigenvalue weighted by molar-refractivity contribution is 6.17. The van der Waals surface area contributed by atoms with Gasteiger partial charge in [0.1, 0.15) is 29.0 Å². The number of H-pyrrole nitrogens is 1. The second kappa shape index (κ2) is 8.49. The van der Waals surface area contributed by atoms with Crippen molar-refractivity contribution in [2.24, 2.45) is 0 Å². The minimum absolute atomic E-state index is 0.00116. The average molecular weight is 480 g/mol. The van der Waals surface area contributed by atoms with Gasteiger partial charge in [-0.1, -0.05) is 6.07 Å². The van der Waals surface area contributed by atoms with Gasteiger partial charge in [-0.15, -0.1) is 0 Å². The number of aliphatic hydroxyl groups is 2. The van der Waals surface area contributed by atoms with Gasteiger partial charge in [-0.05, 0) is 42.0 Å². The lowest BCUT2D eigenvalue weighted by Gasteiger charge is -2.13. The number of carbonyl (C=O) groups is 1. The minimum atomic E-state index is -1.42. The molecule has 3 heterocycles. The van der Waals surface area contributed by atoms with Crippen molar-refractivity contribution in [3.63, 3.8) is 0 Å². The zero-order chi connectivity index (χ0) is 24.9. The van der Waals surface area contributed by atoms with Gasteiger partial charge in [0.25, 0.3) is 5.56 Å². The van der Waals surface area contributed by atoms with Gasteiger partial charge in [-0.2, -0.15) is 0 Å². The van der Waals surface area contributed by atoms with Gasteiger partial charge in [-0.25, -0.2) is 13.6 Å². The molecule has 10 heteroatoms. The van der Waals surface area contributed by atoms with Gasteiger partial charge in [0.2, 0.25) is 0 Å². The zero-order valence-corrected chi connectivity index (χ0v) is 18.0. The molecule has 0 saturated carbocycles. The van der Waals surface area contributed by atoms with Crippen molar-refractivity contribution in [2.45, 2.75) is 12.6 Å². The third-order valence-electron chi connectivity index (χ3n) is 5.96. The number of furan rings is 1. The van der Waals surface area contributed by atoms with Gasteiger partial charge in [0, 0.05) is 17.3 Å². The van der Waals surface area contributed by atoms with E-state index in [4.69, 9.17) is 4.42 Å². The number of halogens is 2. The molecule has 3 aromatic heterocycles. The Morgan fingerprint density at radius 2 is 1.94 bits per heavy atom. The van der Waals surface area contributed by atoms with E-state index in [1.807, 2.05) is 0 Å². The second-order valence-electron chi connectivity index (χ2n) is 7.99. The summed E-state index contributed by atoms with van der Waals surface area (Å²) in [5.74, 6) is -2.81. The van der Waals surface area contributed by atoms with Crippen molar-refractivity contribution >= 4 is 27.8 Å². The van der Waals surface area contributed by atoms with Crippen LogP contribution in [-0.4, -0.2) is 37.4 Å². The molecule has 178 valence electrons. The van der Waals surface area contributed by atoms with Crippen LogP contribution in [0.3, 0.4) is 0 Å². The summed E-state index contributed by atoms with van der Waals surface area (Å²) < 4.78 is 36.4. The monoisotopic (exact) mass is 480 g/mol. The van der Waals surface area contributed by atoms with E-state index in [1.165, 1.54) is 47.4 Å². The first kappa shape index (κ1) is 22.5. The molecule has 0 amide bonds. The van der Waals surface area contributed by atoms with E-state index < -0.39 is 35.9 Å². The molecular weight excluding hydrogens is 462 g/mol. The number of benzene rings is 2. The van der Waals surface area contributed by atoms with Crippen LogP contribution in [0.1, 0.15) is 27.7 Å². The fourth-order valence-corrected chi connectivity index (χ4v) is 4.37. The second-order valence-corrected chi connectivity index (χ2v) is 7.99. The van der Waals surface area contributed by atoms with Crippen LogP contribution in [0.4, 0.5) is 8.78 Å². The molecule has 5 rings (SSSR count). The molecule has 4 N–H and O–H groups in total. The molecule has 1 unspecified atom stereocenters. The number of pyridine rings is 1. The molecule has 0 bridgehead atoms. The number of nitrogens with one attached hydrogen (secondary N) is 1. The molecular formula is C25H18F2N2O6. The number of aliphatic hydroxyl groups excluding tert-OH is 2. The average Bonchev–Trinajstić information content (AvgIpc) is 3.44. The SMILES string of the molecule is O=C(O)c1c(-c2ccc[nH]c2=O)c2c3occc3c(F)cc2n1Cc1cc(C(O)CO)ccc1F. The Hall–Kier alpha value is -4.28. The van der Waals surface area contributed by atoms with Gasteiger partial charge in [0.05, 0.1) is 41.3 Å². The number of hydrogen-bond donors (Lipinski definition) is 4. The van der Waals surface area contributed by atoms with E-state index in [1.54, 1.807) is 0 Å². The Bertz CT molecular complexity index is 1670. The summed E-state index contributed by atoms with van der Waals surface area (Å²) in [6, 6.07) is 9.14. The predicted molar refractivity (Wildman–Crippen MR) is 122 cm³/mol. The van der Waals surface area contributed by atoms with Crippen molar-refractivity contribution in [1.82, 2.24) is 9.55 Å². The quantitative estimate of drug-likeness (QED) is 0.293. The fraction of sp³-hybridized carbons (Fsp3) is 0.120. The van der Waals surface area contributed by atoms with Crippen molar-refractivity contribution in [3.05, 3.63) is 93.7 Å². The zero-order valence-electron chi connectivity index (χ0n) is 18.0. The number of carboxylic acid groups (broad SMARTS) is 1. The maximum atomic E-state index is 15.0. The molecule has 0 aliphatic rings. The lowest BCUT2D eigenvalue weighted by molar-refractivity contribution is 0.0687. The molecule has 0 fully saturated rings. The summed E-state index contributed by atoms with van der Waals surface area (Å²) in [6.07, 6.45) is 1.37. The number of fused-ring (bicyclic) bond motifs is 3. The van der Waals surface area contributed by atoms with Crippen LogP contribution in [0.2, 0.25) is 0 Å². The van der Waals surface area contributed by atoms with Crippen LogP contribution >= 0.6 is 0 Å². The Morgan fingerprint density at radius 1 is 1.14 bits per heavy atom. The van der Waals surface area contributed by atoms with E-state index >= 15 is 0 Å². The van der Waals surface area contributed by atoms with Crippen molar-refractivity contribution in [2.75, 3.05) is 6.61 Å². The van der Waals surface area contributed by atoms with E-state index in [0.717, 1.165) is 12.1 Å². The highest BCUT2D eigenvalue weighted by Gasteiger charge is 2.29. The summed E-state index contributed by atoms with van der Waals surface area (Å²) in [4.78, 5) is 27.7. The maximum absolute atomic E-state index is 15.0. The smallest absolute Gasteiger partial charge is 0.353 e. The van der Waals surface area contributed by atoms with E-state index in [9.17, 15) is 33.7 Å². The van der Waals surface area contributed by atoms with E-state index in [0.29, 0.717) is 0 Å². The number of rotatable bonds is 6. The Balaban J connectivity index is 1.88. The van der Waals surface area contributed by atoms with Crippen molar-refractivity contribution < 1.29 is 33.3 Å². The molecule has 0 aliphatic carbocycles. The first-order chi connectivity index (χ1) is 16.8. The minimum Gasteiger partial charge on any atom is -0.477 e. The van der Waals surface area contributed by atoms with Crippen molar-refractivity contribution in [3.8, 4) is 11.1 Å². The summed E-state index contributed by atoms with van der Waals surface area (Å²) in [5.41, 5.74) is -0.592. The molecule has 2 aromatic carbocycles. The molecule has 1 atom stereocenters. The van der Waals surface area contributed by atoms with Crippen LogP contribution in [-0.2, 0) is 6.54 Å². The third-order valence-corrected chi connectivity index (χ3v) is 5.96. The number of aromatic amines is 1. The fourth-order valence-electron chi connectivity index (χ4n) is 4.37. The molecule has 5 aromatic rings. The first-order valence-corrected chi connectivity index (χ1v) is 10.5. The highest BCUT2D eigenvalue weighted by atomic mass is 19.1. The Labute approximate surface area is 195 Å². The van der Waals surface area contributed by atoms with Gasteiger partial charge in [0.15, 0.2) is 0 Å². The summed E-state index contributed by atoms with van der Waals surface area (Å²) >= 11 is 0. The summed E-state index contributed by atoms with van der Waals surface area (Å²) in [5, 5.41) is 29.7. The van der Waals surface area contributed by atoms with Crippen LogP contribution in [0, 0.1) is 11.6 Å². The molecule has 0 aliphatic heterocycles. The van der Waals surface area contributed by atoms with Gasteiger partial charge >= 0.3 is 5.97 Å². The van der Waals surface area contributed by atoms with Crippen molar-refractivity contribution in [1.29, 1.82) is 0 Å². The number of aromatic nitrogens is 2. The lowest BCUT2D eigenvalue weighted by atomic mass is 10.0. The normalized spacial score (nSPS) is 12.5. The standard InChI is InChI=1S/C25H18F2N2O6/c26-16-4-3-12(19(31)11-30)8-13(16)10-29-18-9-17(27)14-5-7-35-23(14)21(18)20(22(29)25(33)34)15-2-1-6-28-24(15)32/h1-9,19,30-31H,10-11H2,(H,28,32)(H,33,34). The number of nitrogens with zero attached hydrogens (tertiary/aromatic N) is 1. The van der Waals surface area contributed by atoms with Crippen LogP contribution in [0.5, 0.6) is 0 Å². The Kier molecular flexibility index (Phi) is 5.46. The number of hydrogen-bond acceptors (Lipinski definition) is 5. The topological polar surface area (TPSA) is 129 Å². The molecule has 0 spiro atoms. The summed E-state index contributed by atoms with van der Waals surface area (Å²) in [6.45, 7) is -0.965. The summed E-state index contributed by atoms with van der Waals surface area (Å²) in [7, 11) is 0. The maximum Gasteiger partial charge on any atom is 0.353 e. The molecule has 35 heavy (non-hydrogen) atoms. The lowest BCUT2D eigenvalue weighted by Crippen LogP contribution is -2.14. The van der Waals surface area contributed by atoms with Crippen LogP contribution < -0.4 is 5.56 Å². The van der Waals surface area contributed by atoms with Gasteiger partial charge in [-0.3, -0.25) is 4.79 Å². The van der Waals surface area contributed by atoms with E-state index in [-0.39, 0.29) is 56.4 Å². The predicted octanol–water partition coefficient (Wildman–Crippen LogP) is 3.79. The van der Waals surface area contributed by atoms with Gasteiger partial charge < -0.3 is 29.3 Å². The van der Waals surface area contributed by atoms with E-state index in [2.05, 4.69) is 4.98 Å². The first-order valence-electron chi connectivity index (χ1n) is 10.5. The molecule has 0 saturated heterocycles. The number of aromatic carboxylic acids is 1. The largest absolute Gasteiger partial charge is 0.477 e. The third kappa shape index (κ3) is 3.59. The Morgan fingerprint density at radius 3 is 2.66 bits per heavy atom. The molecule has 0 radical (unpaired) electrons. The number of carboxylic acids is 1. The van der Waals surface area contributed by atoms with Crippen LogP contribution in [0.25, 0.3) is 33.0 Å². The van der Waals surface area contributed by atoms with Crippen LogP contribution in [0.15, 0.2) is 64.1 Å². The highest BCUT2D eigenvalue weighted by Crippen LogP contribution is 2.40. The molecule has 8 nitrogen and oxygen atoms in total.